The van der Waals surface area contributed by atoms with Gasteiger partial charge in [-0.05, 0) is 38.1 Å². The average molecular weight is 212 g/mol. The van der Waals surface area contributed by atoms with Crippen LogP contribution in [0.2, 0.25) is 0 Å². The Morgan fingerprint density at radius 3 is 2.47 bits per heavy atom. The lowest BCUT2D eigenvalue weighted by Crippen LogP contribution is -2.55. The van der Waals surface area contributed by atoms with Gasteiger partial charge in [-0.15, -0.1) is 0 Å². The summed E-state index contributed by atoms with van der Waals surface area (Å²) in [6.07, 6.45) is 3.79. The molecule has 1 saturated heterocycles. The van der Waals surface area contributed by atoms with Crippen molar-refractivity contribution in [2.24, 2.45) is 17.6 Å². The van der Waals surface area contributed by atoms with E-state index in [9.17, 15) is 0 Å². The molecule has 2 heteroatoms. The van der Waals surface area contributed by atoms with Crippen molar-refractivity contribution in [1.29, 1.82) is 0 Å². The van der Waals surface area contributed by atoms with E-state index in [1.54, 1.807) is 0 Å². The maximum Gasteiger partial charge on any atom is 0.0303 e. The predicted molar refractivity (Wildman–Crippen MR) is 66.9 cm³/mol. The number of hydrogen-bond donors (Lipinski definition) is 1. The van der Waals surface area contributed by atoms with Gasteiger partial charge in [0.05, 0.1) is 0 Å². The van der Waals surface area contributed by atoms with Crippen LogP contribution in [-0.4, -0.2) is 30.1 Å². The third-order valence-corrected chi connectivity index (χ3v) is 4.33. The first-order valence-corrected chi connectivity index (χ1v) is 6.48. The van der Waals surface area contributed by atoms with Crippen molar-refractivity contribution >= 4 is 0 Å². The minimum absolute atomic E-state index is 0.239. The van der Waals surface area contributed by atoms with E-state index in [0.29, 0.717) is 0 Å². The van der Waals surface area contributed by atoms with Crippen LogP contribution in [0.4, 0.5) is 0 Å². The zero-order chi connectivity index (χ0) is 11.5. The Balaban J connectivity index is 2.61. The Kier molecular flexibility index (Phi) is 4.60. The van der Waals surface area contributed by atoms with Crippen molar-refractivity contribution < 1.29 is 0 Å². The molecule has 0 aromatic carbocycles. The van der Waals surface area contributed by atoms with Crippen LogP contribution < -0.4 is 5.73 Å². The summed E-state index contributed by atoms with van der Waals surface area (Å²) in [7, 11) is 0. The Morgan fingerprint density at radius 1 is 1.33 bits per heavy atom. The van der Waals surface area contributed by atoms with Crippen LogP contribution in [0, 0.1) is 11.8 Å². The van der Waals surface area contributed by atoms with E-state index < -0.39 is 0 Å². The number of likely N-dealkylation sites (tertiary alicyclic amines) is 1. The highest BCUT2D eigenvalue weighted by Crippen LogP contribution is 2.29. The lowest BCUT2D eigenvalue weighted by Gasteiger charge is -2.46. The molecule has 0 spiro atoms. The molecule has 1 aliphatic rings. The normalized spacial score (nSPS) is 32.6. The molecule has 1 fully saturated rings. The fourth-order valence-electron chi connectivity index (χ4n) is 2.68. The standard InChI is InChI=1S/C13H28N2/c1-5-7-13(4,10-14)15-8-6-11(2)12(3)9-15/h11-12H,5-10,14H2,1-4H3. The number of hydrogen-bond acceptors (Lipinski definition) is 2. The zero-order valence-electron chi connectivity index (χ0n) is 10.9. The molecular formula is C13H28N2. The summed E-state index contributed by atoms with van der Waals surface area (Å²) in [5.41, 5.74) is 6.20. The lowest BCUT2D eigenvalue weighted by atomic mass is 9.84. The maximum atomic E-state index is 5.96. The van der Waals surface area contributed by atoms with Crippen LogP contribution in [-0.2, 0) is 0 Å². The SMILES string of the molecule is CCCC(C)(CN)N1CCC(C)C(C)C1. The second-order valence-corrected chi connectivity index (χ2v) is 5.64. The Bertz CT molecular complexity index is 193. The van der Waals surface area contributed by atoms with Gasteiger partial charge in [-0.25, -0.2) is 0 Å². The van der Waals surface area contributed by atoms with E-state index in [0.717, 1.165) is 18.4 Å². The van der Waals surface area contributed by atoms with Crippen LogP contribution in [0.15, 0.2) is 0 Å². The smallest absolute Gasteiger partial charge is 0.0303 e. The predicted octanol–water partition coefficient (Wildman–Crippen LogP) is 2.48. The molecule has 0 aromatic heterocycles. The van der Waals surface area contributed by atoms with Crippen molar-refractivity contribution in [3.8, 4) is 0 Å². The van der Waals surface area contributed by atoms with Gasteiger partial charge in [0.2, 0.25) is 0 Å². The summed E-state index contributed by atoms with van der Waals surface area (Å²) >= 11 is 0. The molecule has 2 nitrogen and oxygen atoms in total. The van der Waals surface area contributed by atoms with Gasteiger partial charge in [0.15, 0.2) is 0 Å². The summed E-state index contributed by atoms with van der Waals surface area (Å²) in [6.45, 7) is 12.6. The second-order valence-electron chi connectivity index (χ2n) is 5.64. The molecule has 1 aliphatic heterocycles. The quantitative estimate of drug-likeness (QED) is 0.776. The molecule has 0 saturated carbocycles. The second kappa shape index (κ2) is 5.31. The van der Waals surface area contributed by atoms with Gasteiger partial charge >= 0.3 is 0 Å². The van der Waals surface area contributed by atoms with E-state index in [1.165, 1.54) is 32.4 Å². The molecular weight excluding hydrogens is 184 g/mol. The van der Waals surface area contributed by atoms with Crippen LogP contribution in [0.3, 0.4) is 0 Å². The number of nitrogens with zero attached hydrogens (tertiary/aromatic N) is 1. The Labute approximate surface area is 95.2 Å². The van der Waals surface area contributed by atoms with Gasteiger partial charge in [0.1, 0.15) is 0 Å². The summed E-state index contributed by atoms with van der Waals surface area (Å²) in [6, 6.07) is 0. The molecule has 0 bridgehead atoms. The highest BCUT2D eigenvalue weighted by atomic mass is 15.2. The molecule has 0 radical (unpaired) electrons. The van der Waals surface area contributed by atoms with Crippen LogP contribution in [0.25, 0.3) is 0 Å². The number of nitrogens with two attached hydrogens (primary N) is 1. The molecule has 0 amide bonds. The van der Waals surface area contributed by atoms with E-state index in [2.05, 4.69) is 32.6 Å². The van der Waals surface area contributed by atoms with Gasteiger partial charge in [0.25, 0.3) is 0 Å². The maximum absolute atomic E-state index is 5.96. The highest BCUT2D eigenvalue weighted by molar-refractivity contribution is 4.90. The molecule has 3 atom stereocenters. The van der Waals surface area contributed by atoms with Crippen molar-refractivity contribution in [2.75, 3.05) is 19.6 Å². The van der Waals surface area contributed by atoms with E-state index in [4.69, 9.17) is 5.73 Å². The summed E-state index contributed by atoms with van der Waals surface area (Å²) in [4.78, 5) is 2.63. The summed E-state index contributed by atoms with van der Waals surface area (Å²) in [5.74, 6) is 1.70. The topological polar surface area (TPSA) is 29.3 Å². The first kappa shape index (κ1) is 13.0. The Morgan fingerprint density at radius 2 is 2.00 bits per heavy atom. The monoisotopic (exact) mass is 212 g/mol. The zero-order valence-corrected chi connectivity index (χ0v) is 10.9. The molecule has 0 aromatic rings. The fraction of sp³-hybridized carbons (Fsp3) is 1.00. The number of rotatable bonds is 4. The molecule has 1 rings (SSSR count). The molecule has 2 N–H and O–H groups in total. The van der Waals surface area contributed by atoms with Crippen molar-refractivity contribution in [1.82, 2.24) is 4.90 Å². The first-order chi connectivity index (χ1) is 7.03. The third kappa shape index (κ3) is 2.94. The molecule has 0 aliphatic carbocycles. The van der Waals surface area contributed by atoms with Gasteiger partial charge in [-0.1, -0.05) is 27.2 Å². The molecule has 3 unspecified atom stereocenters. The van der Waals surface area contributed by atoms with Gasteiger partial charge in [-0.3, -0.25) is 4.90 Å². The van der Waals surface area contributed by atoms with E-state index in [1.807, 2.05) is 0 Å². The van der Waals surface area contributed by atoms with Crippen LogP contribution in [0.1, 0.15) is 47.0 Å². The van der Waals surface area contributed by atoms with Crippen LogP contribution in [0.5, 0.6) is 0 Å². The van der Waals surface area contributed by atoms with E-state index in [-0.39, 0.29) is 5.54 Å². The van der Waals surface area contributed by atoms with Crippen molar-refractivity contribution in [3.63, 3.8) is 0 Å². The van der Waals surface area contributed by atoms with Gasteiger partial charge in [-0.2, -0.15) is 0 Å². The summed E-state index contributed by atoms with van der Waals surface area (Å²) < 4.78 is 0. The molecule has 15 heavy (non-hydrogen) atoms. The largest absolute Gasteiger partial charge is 0.329 e. The Hall–Kier alpha value is -0.0800. The van der Waals surface area contributed by atoms with Gasteiger partial charge < -0.3 is 5.73 Å². The minimum Gasteiger partial charge on any atom is -0.329 e. The minimum atomic E-state index is 0.239. The first-order valence-electron chi connectivity index (χ1n) is 6.48. The molecule has 1 heterocycles. The average Bonchev–Trinajstić information content (AvgIpc) is 2.22. The van der Waals surface area contributed by atoms with Crippen molar-refractivity contribution in [2.45, 2.75) is 52.5 Å². The van der Waals surface area contributed by atoms with Crippen molar-refractivity contribution in [3.05, 3.63) is 0 Å². The van der Waals surface area contributed by atoms with E-state index >= 15 is 0 Å². The number of piperidine rings is 1. The molecule has 90 valence electrons. The fourth-order valence-corrected chi connectivity index (χ4v) is 2.68. The van der Waals surface area contributed by atoms with Gasteiger partial charge in [0, 0.05) is 18.6 Å². The highest BCUT2D eigenvalue weighted by Gasteiger charge is 2.34. The summed E-state index contributed by atoms with van der Waals surface area (Å²) in [5, 5.41) is 0. The lowest BCUT2D eigenvalue weighted by molar-refractivity contribution is 0.0359. The third-order valence-electron chi connectivity index (χ3n) is 4.33. The van der Waals surface area contributed by atoms with Crippen LogP contribution >= 0.6 is 0 Å².